The van der Waals surface area contributed by atoms with Crippen molar-refractivity contribution in [1.29, 1.82) is 0 Å². The number of rotatable bonds is 8. The molecule has 0 fully saturated rings. The summed E-state index contributed by atoms with van der Waals surface area (Å²) in [6, 6.07) is 18.0. The number of nitrogens with one attached hydrogen (secondary N) is 1. The lowest BCUT2D eigenvalue weighted by Crippen LogP contribution is -2.41. The highest BCUT2D eigenvalue weighted by atomic mass is 35.5. The van der Waals surface area contributed by atoms with Crippen LogP contribution in [0.5, 0.6) is 5.75 Å². The number of hydrogen-bond acceptors (Lipinski definition) is 4. The third-order valence-corrected chi connectivity index (χ3v) is 5.98. The van der Waals surface area contributed by atoms with Crippen molar-refractivity contribution in [2.75, 3.05) is 30.3 Å². The Kier molecular flexibility index (Phi) is 7.07. The number of benzene rings is 3. The minimum atomic E-state index is -3.75. The van der Waals surface area contributed by atoms with Crippen LogP contribution in [0.15, 0.2) is 60.7 Å². The predicted octanol–water partition coefficient (Wildman–Crippen LogP) is 4.11. The lowest BCUT2D eigenvalue weighted by Gasteiger charge is -2.23. The Hall–Kier alpha value is -2.48. The van der Waals surface area contributed by atoms with Crippen LogP contribution in [0.4, 0.5) is 5.69 Å². The minimum absolute atomic E-state index is 0.147. The first-order chi connectivity index (χ1) is 14.3. The van der Waals surface area contributed by atoms with Crippen LogP contribution in [0.1, 0.15) is 0 Å². The van der Waals surface area contributed by atoms with Crippen LogP contribution in [0, 0.1) is 0 Å². The van der Waals surface area contributed by atoms with Gasteiger partial charge in [0, 0.05) is 10.4 Å². The second-order valence-electron chi connectivity index (χ2n) is 6.54. The van der Waals surface area contributed by atoms with E-state index in [0.29, 0.717) is 10.8 Å². The monoisotopic (exact) mass is 466 g/mol. The molecule has 3 aromatic rings. The molecular weight excluding hydrogens is 447 g/mol. The van der Waals surface area contributed by atoms with E-state index in [9.17, 15) is 13.2 Å². The normalized spacial score (nSPS) is 11.3. The van der Waals surface area contributed by atoms with Crippen molar-refractivity contribution < 1.29 is 17.9 Å². The molecule has 0 saturated carbocycles. The number of carbonyl (C=O) groups is 1. The number of nitrogens with zero attached hydrogens (tertiary/aromatic N) is 1. The summed E-state index contributed by atoms with van der Waals surface area (Å²) in [5.74, 6) is 0.226. The summed E-state index contributed by atoms with van der Waals surface area (Å²) in [6.45, 7) is 0.0205. The van der Waals surface area contributed by atoms with Crippen LogP contribution in [-0.4, -0.2) is 40.3 Å². The van der Waals surface area contributed by atoms with Gasteiger partial charge < -0.3 is 10.1 Å². The Morgan fingerprint density at radius 2 is 1.80 bits per heavy atom. The minimum Gasteiger partial charge on any atom is -0.491 e. The van der Waals surface area contributed by atoms with E-state index >= 15 is 0 Å². The fraction of sp³-hybridized carbons (Fsp3) is 0.190. The van der Waals surface area contributed by atoms with Gasteiger partial charge in [0.1, 0.15) is 18.9 Å². The number of fused-ring (bicyclic) bond motifs is 1. The molecule has 0 bridgehead atoms. The quantitative estimate of drug-likeness (QED) is 0.506. The molecule has 0 aromatic heterocycles. The molecule has 0 radical (unpaired) electrons. The van der Waals surface area contributed by atoms with Gasteiger partial charge in [0.15, 0.2) is 0 Å². The lowest BCUT2D eigenvalue weighted by molar-refractivity contribution is -0.119. The molecule has 0 unspecified atom stereocenters. The van der Waals surface area contributed by atoms with Gasteiger partial charge in [0.25, 0.3) is 0 Å². The summed E-state index contributed by atoms with van der Waals surface area (Å²) in [6.07, 6.45) is 1.00. The summed E-state index contributed by atoms with van der Waals surface area (Å²) in [4.78, 5) is 12.3. The fourth-order valence-electron chi connectivity index (χ4n) is 2.92. The zero-order valence-electron chi connectivity index (χ0n) is 16.1. The van der Waals surface area contributed by atoms with E-state index in [1.54, 1.807) is 6.07 Å². The van der Waals surface area contributed by atoms with Crippen LogP contribution >= 0.6 is 23.2 Å². The van der Waals surface area contributed by atoms with E-state index in [1.165, 1.54) is 12.1 Å². The van der Waals surface area contributed by atoms with Gasteiger partial charge in [0.05, 0.1) is 23.5 Å². The molecule has 0 saturated heterocycles. The topological polar surface area (TPSA) is 75.7 Å². The molecule has 6 nitrogen and oxygen atoms in total. The van der Waals surface area contributed by atoms with Crippen molar-refractivity contribution >= 4 is 55.6 Å². The van der Waals surface area contributed by atoms with Crippen molar-refractivity contribution in [3.05, 3.63) is 70.7 Å². The van der Waals surface area contributed by atoms with Crippen LogP contribution in [0.2, 0.25) is 10.0 Å². The standard InChI is InChI=1S/C21H20Cl2N2O4S/c1-30(27,28)25(19-13-16(22)9-10-18(19)23)14-21(26)24-11-12-29-20-8-4-6-15-5-2-3-7-17(15)20/h2-10,13H,11-12,14H2,1H3,(H,24,26). The van der Waals surface area contributed by atoms with Gasteiger partial charge in [-0.25, -0.2) is 8.42 Å². The lowest BCUT2D eigenvalue weighted by atomic mass is 10.1. The highest BCUT2D eigenvalue weighted by molar-refractivity contribution is 7.92. The first kappa shape index (κ1) is 22.2. The van der Waals surface area contributed by atoms with Gasteiger partial charge in [-0.05, 0) is 29.7 Å². The molecule has 158 valence electrons. The Bertz CT molecular complexity index is 1160. The molecule has 0 atom stereocenters. The third kappa shape index (κ3) is 5.56. The molecule has 9 heteroatoms. The Labute approximate surface area is 185 Å². The second kappa shape index (κ2) is 9.55. The van der Waals surface area contributed by atoms with E-state index in [4.69, 9.17) is 27.9 Å². The zero-order chi connectivity index (χ0) is 21.7. The highest BCUT2D eigenvalue weighted by Crippen LogP contribution is 2.30. The average Bonchev–Trinajstić information content (AvgIpc) is 2.70. The molecular formula is C21H20Cl2N2O4S. The molecule has 1 amide bonds. The maximum Gasteiger partial charge on any atom is 0.240 e. The van der Waals surface area contributed by atoms with Gasteiger partial charge >= 0.3 is 0 Å². The van der Waals surface area contributed by atoms with Gasteiger partial charge in [-0.2, -0.15) is 0 Å². The molecule has 0 aliphatic rings. The molecule has 0 aliphatic heterocycles. The number of hydrogen-bond donors (Lipinski definition) is 1. The number of ether oxygens (including phenoxy) is 1. The number of amides is 1. The van der Waals surface area contributed by atoms with E-state index < -0.39 is 22.5 Å². The Balaban J connectivity index is 1.60. The van der Waals surface area contributed by atoms with Crippen molar-refractivity contribution in [2.45, 2.75) is 0 Å². The summed E-state index contributed by atoms with van der Waals surface area (Å²) in [5, 5.41) is 5.18. The number of halogens is 2. The van der Waals surface area contributed by atoms with Gasteiger partial charge in [-0.15, -0.1) is 0 Å². The maximum absolute atomic E-state index is 12.3. The molecule has 0 spiro atoms. The first-order valence-electron chi connectivity index (χ1n) is 9.06. The third-order valence-electron chi connectivity index (χ3n) is 4.30. The average molecular weight is 467 g/mol. The zero-order valence-corrected chi connectivity index (χ0v) is 18.5. The Morgan fingerprint density at radius 3 is 2.57 bits per heavy atom. The van der Waals surface area contributed by atoms with E-state index in [0.717, 1.165) is 21.3 Å². The predicted molar refractivity (Wildman–Crippen MR) is 121 cm³/mol. The molecule has 3 rings (SSSR count). The van der Waals surface area contributed by atoms with E-state index in [-0.39, 0.29) is 23.9 Å². The summed E-state index contributed by atoms with van der Waals surface area (Å²) in [7, 11) is -3.75. The SMILES string of the molecule is CS(=O)(=O)N(CC(=O)NCCOc1cccc2ccccc12)c1cc(Cl)ccc1Cl. The summed E-state index contributed by atoms with van der Waals surface area (Å²) >= 11 is 12.1. The van der Waals surface area contributed by atoms with Gasteiger partial charge in [-0.3, -0.25) is 9.10 Å². The molecule has 3 aromatic carbocycles. The van der Waals surface area contributed by atoms with Crippen molar-refractivity contribution in [2.24, 2.45) is 0 Å². The van der Waals surface area contributed by atoms with E-state index in [2.05, 4.69) is 5.32 Å². The van der Waals surface area contributed by atoms with Gasteiger partial charge in [0.2, 0.25) is 15.9 Å². The van der Waals surface area contributed by atoms with Gasteiger partial charge in [-0.1, -0.05) is 59.6 Å². The second-order valence-corrected chi connectivity index (χ2v) is 9.29. The number of sulfonamides is 1. The van der Waals surface area contributed by atoms with Crippen LogP contribution in [0.3, 0.4) is 0 Å². The largest absolute Gasteiger partial charge is 0.491 e. The molecule has 1 N–H and O–H groups in total. The van der Waals surface area contributed by atoms with Crippen molar-refractivity contribution in [3.63, 3.8) is 0 Å². The fourth-order valence-corrected chi connectivity index (χ4v) is 4.21. The van der Waals surface area contributed by atoms with Crippen LogP contribution in [-0.2, 0) is 14.8 Å². The summed E-state index contributed by atoms with van der Waals surface area (Å²) in [5.41, 5.74) is 0.147. The van der Waals surface area contributed by atoms with Crippen LogP contribution < -0.4 is 14.4 Å². The smallest absolute Gasteiger partial charge is 0.240 e. The summed E-state index contributed by atoms with van der Waals surface area (Å²) < 4.78 is 31.1. The maximum atomic E-state index is 12.3. The molecule has 0 heterocycles. The number of anilines is 1. The Morgan fingerprint density at radius 1 is 1.07 bits per heavy atom. The molecule has 0 aliphatic carbocycles. The van der Waals surface area contributed by atoms with E-state index in [1.807, 2.05) is 42.5 Å². The van der Waals surface area contributed by atoms with Crippen molar-refractivity contribution in [1.82, 2.24) is 5.32 Å². The first-order valence-corrected chi connectivity index (χ1v) is 11.7. The highest BCUT2D eigenvalue weighted by Gasteiger charge is 2.23. The van der Waals surface area contributed by atoms with Crippen LogP contribution in [0.25, 0.3) is 10.8 Å². The molecule has 30 heavy (non-hydrogen) atoms. The number of carbonyl (C=O) groups excluding carboxylic acids is 1. The van der Waals surface area contributed by atoms with Crippen molar-refractivity contribution in [3.8, 4) is 5.75 Å².